The van der Waals surface area contributed by atoms with Gasteiger partial charge in [0.05, 0.1) is 12.7 Å². The van der Waals surface area contributed by atoms with Crippen molar-refractivity contribution in [2.45, 2.75) is 45.3 Å². The molecule has 0 spiro atoms. The number of carbonyl (C=O) groups is 1. The first-order valence-electron chi connectivity index (χ1n) is 8.83. The minimum Gasteiger partial charge on any atom is -0.483 e. The van der Waals surface area contributed by atoms with Crippen molar-refractivity contribution in [3.63, 3.8) is 0 Å². The van der Waals surface area contributed by atoms with Crippen LogP contribution in [0.5, 0.6) is 0 Å². The highest BCUT2D eigenvalue weighted by Gasteiger charge is 2.16. The second-order valence-electron chi connectivity index (χ2n) is 5.88. The van der Waals surface area contributed by atoms with Crippen molar-refractivity contribution < 1.29 is 19.4 Å². The highest BCUT2D eigenvalue weighted by molar-refractivity contribution is 5.32. The van der Waals surface area contributed by atoms with Crippen LogP contribution in [-0.4, -0.2) is 55.4 Å². The van der Waals surface area contributed by atoms with Crippen LogP contribution in [-0.2, 0) is 20.9 Å². The highest BCUT2D eigenvalue weighted by Crippen LogP contribution is 2.14. The van der Waals surface area contributed by atoms with E-state index in [4.69, 9.17) is 19.4 Å². The molecule has 1 unspecified atom stereocenters. The van der Waals surface area contributed by atoms with Crippen molar-refractivity contribution in [3.05, 3.63) is 35.9 Å². The van der Waals surface area contributed by atoms with E-state index in [0.717, 1.165) is 45.9 Å². The topological polar surface area (TPSA) is 59.0 Å². The molecule has 0 aliphatic carbocycles. The lowest BCUT2D eigenvalue weighted by Crippen LogP contribution is -2.36. The van der Waals surface area contributed by atoms with E-state index in [1.807, 2.05) is 6.07 Å². The quantitative estimate of drug-likeness (QED) is 0.554. The van der Waals surface area contributed by atoms with Crippen LogP contribution < -0.4 is 0 Å². The lowest BCUT2D eigenvalue weighted by atomic mass is 10.1. The van der Waals surface area contributed by atoms with Gasteiger partial charge in [-0.3, -0.25) is 4.79 Å². The van der Waals surface area contributed by atoms with E-state index >= 15 is 0 Å². The molecule has 1 saturated heterocycles. The van der Waals surface area contributed by atoms with Crippen LogP contribution in [0.3, 0.4) is 0 Å². The summed E-state index contributed by atoms with van der Waals surface area (Å²) in [6.45, 7) is 7.75. The molecule has 136 valence electrons. The SMILES string of the molecule is CCN(CCCOCc1ccccc1)CC1CCCCO1.O=CO. The van der Waals surface area contributed by atoms with Crippen LogP contribution in [0.2, 0.25) is 0 Å². The Labute approximate surface area is 145 Å². The summed E-state index contributed by atoms with van der Waals surface area (Å²) in [6.07, 6.45) is 5.32. The van der Waals surface area contributed by atoms with E-state index in [1.165, 1.54) is 24.8 Å². The lowest BCUT2D eigenvalue weighted by Gasteiger charge is -2.29. The van der Waals surface area contributed by atoms with E-state index in [0.29, 0.717) is 6.10 Å². The number of ether oxygens (including phenoxy) is 2. The molecule has 0 bridgehead atoms. The summed E-state index contributed by atoms with van der Waals surface area (Å²) in [5, 5.41) is 6.89. The van der Waals surface area contributed by atoms with Gasteiger partial charge in [-0.15, -0.1) is 0 Å². The second-order valence-corrected chi connectivity index (χ2v) is 5.88. The maximum Gasteiger partial charge on any atom is 0.290 e. The van der Waals surface area contributed by atoms with Crippen molar-refractivity contribution in [2.24, 2.45) is 0 Å². The number of likely N-dealkylation sites (N-methyl/N-ethyl adjacent to an activating group) is 1. The predicted molar refractivity (Wildman–Crippen MR) is 95.1 cm³/mol. The molecule has 0 aromatic heterocycles. The Bertz CT molecular complexity index is 407. The first-order chi connectivity index (χ1) is 11.8. The number of nitrogens with zero attached hydrogens (tertiary/aromatic N) is 1. The lowest BCUT2D eigenvalue weighted by molar-refractivity contribution is -0.122. The highest BCUT2D eigenvalue weighted by atomic mass is 16.5. The smallest absolute Gasteiger partial charge is 0.290 e. The Morgan fingerprint density at radius 1 is 1.33 bits per heavy atom. The van der Waals surface area contributed by atoms with E-state index in [1.54, 1.807) is 0 Å². The minimum absolute atomic E-state index is 0.250. The van der Waals surface area contributed by atoms with Crippen LogP contribution in [0.1, 0.15) is 38.2 Å². The predicted octanol–water partition coefficient (Wildman–Crippen LogP) is 3.19. The third-order valence-corrected chi connectivity index (χ3v) is 4.06. The molecule has 1 aliphatic rings. The summed E-state index contributed by atoms with van der Waals surface area (Å²) in [6, 6.07) is 10.4. The van der Waals surface area contributed by atoms with Crippen molar-refractivity contribution in [2.75, 3.05) is 32.8 Å². The van der Waals surface area contributed by atoms with Gasteiger partial charge in [0.15, 0.2) is 0 Å². The maximum atomic E-state index is 8.36. The molecule has 1 N–H and O–H groups in total. The summed E-state index contributed by atoms with van der Waals surface area (Å²) in [7, 11) is 0. The molecule has 1 fully saturated rings. The van der Waals surface area contributed by atoms with Gasteiger partial charge < -0.3 is 19.5 Å². The van der Waals surface area contributed by atoms with Gasteiger partial charge in [-0.05, 0) is 37.8 Å². The molecule has 5 heteroatoms. The van der Waals surface area contributed by atoms with Crippen LogP contribution in [0.4, 0.5) is 0 Å². The molecule has 0 saturated carbocycles. The monoisotopic (exact) mass is 337 g/mol. The fourth-order valence-corrected chi connectivity index (χ4v) is 2.77. The fourth-order valence-electron chi connectivity index (χ4n) is 2.77. The van der Waals surface area contributed by atoms with Gasteiger partial charge in [-0.2, -0.15) is 0 Å². The fraction of sp³-hybridized carbons (Fsp3) is 0.632. The zero-order chi connectivity index (χ0) is 17.5. The Morgan fingerprint density at radius 3 is 2.71 bits per heavy atom. The molecule has 0 radical (unpaired) electrons. The largest absolute Gasteiger partial charge is 0.483 e. The Kier molecular flexibility index (Phi) is 12.0. The van der Waals surface area contributed by atoms with Gasteiger partial charge >= 0.3 is 0 Å². The average molecular weight is 337 g/mol. The molecule has 1 atom stereocenters. The van der Waals surface area contributed by atoms with E-state index in [9.17, 15) is 0 Å². The summed E-state index contributed by atoms with van der Waals surface area (Å²) >= 11 is 0. The molecule has 5 nitrogen and oxygen atoms in total. The molecule has 24 heavy (non-hydrogen) atoms. The molecule has 0 amide bonds. The third kappa shape index (κ3) is 9.65. The van der Waals surface area contributed by atoms with Gasteiger partial charge in [-0.25, -0.2) is 0 Å². The summed E-state index contributed by atoms with van der Waals surface area (Å²) in [5.74, 6) is 0. The number of rotatable bonds is 9. The molecule has 1 aromatic carbocycles. The van der Waals surface area contributed by atoms with Gasteiger partial charge in [-0.1, -0.05) is 37.3 Å². The molecular formula is C19H31NO4. The minimum atomic E-state index is -0.250. The van der Waals surface area contributed by atoms with Crippen molar-refractivity contribution >= 4 is 6.47 Å². The molecule has 1 aliphatic heterocycles. The van der Waals surface area contributed by atoms with Crippen LogP contribution in [0.25, 0.3) is 0 Å². The second kappa shape index (κ2) is 14.0. The standard InChI is InChI=1S/C18H29NO2.CH2O2/c1-2-19(15-18-11-6-7-14-21-18)12-8-13-20-16-17-9-4-3-5-10-17;2-1-3/h3-5,9-10,18H,2,6-8,11-16H2,1H3;1H,(H,2,3). The van der Waals surface area contributed by atoms with Crippen LogP contribution >= 0.6 is 0 Å². The first kappa shape index (κ1) is 20.6. The number of benzene rings is 1. The number of hydrogen-bond acceptors (Lipinski definition) is 4. The van der Waals surface area contributed by atoms with Crippen LogP contribution in [0.15, 0.2) is 30.3 Å². The van der Waals surface area contributed by atoms with Gasteiger partial charge in [0, 0.05) is 26.3 Å². The molecule has 1 heterocycles. The van der Waals surface area contributed by atoms with Crippen molar-refractivity contribution in [1.82, 2.24) is 4.90 Å². The van der Waals surface area contributed by atoms with Gasteiger partial charge in [0.1, 0.15) is 0 Å². The number of carboxylic acid groups (broad SMARTS) is 1. The van der Waals surface area contributed by atoms with Crippen molar-refractivity contribution in [3.8, 4) is 0 Å². The molecule has 1 aromatic rings. The van der Waals surface area contributed by atoms with Gasteiger partial charge in [0.25, 0.3) is 6.47 Å². The molecule has 2 rings (SSSR count). The Balaban J connectivity index is 0.000000891. The van der Waals surface area contributed by atoms with E-state index in [2.05, 4.69) is 36.1 Å². The normalized spacial score (nSPS) is 17.2. The summed E-state index contributed by atoms with van der Waals surface area (Å²) < 4.78 is 11.6. The first-order valence-corrected chi connectivity index (χ1v) is 8.83. The Morgan fingerprint density at radius 2 is 2.08 bits per heavy atom. The zero-order valence-corrected chi connectivity index (χ0v) is 14.7. The van der Waals surface area contributed by atoms with E-state index < -0.39 is 0 Å². The van der Waals surface area contributed by atoms with E-state index in [-0.39, 0.29) is 6.47 Å². The van der Waals surface area contributed by atoms with Gasteiger partial charge in [0.2, 0.25) is 0 Å². The zero-order valence-electron chi connectivity index (χ0n) is 14.7. The Hall–Kier alpha value is -1.43. The summed E-state index contributed by atoms with van der Waals surface area (Å²) in [4.78, 5) is 10.8. The van der Waals surface area contributed by atoms with Crippen molar-refractivity contribution in [1.29, 1.82) is 0 Å². The number of hydrogen-bond donors (Lipinski definition) is 1. The third-order valence-electron chi connectivity index (χ3n) is 4.06. The van der Waals surface area contributed by atoms with Crippen LogP contribution in [0, 0.1) is 0 Å². The maximum absolute atomic E-state index is 8.36. The molecular weight excluding hydrogens is 306 g/mol. The summed E-state index contributed by atoms with van der Waals surface area (Å²) in [5.41, 5.74) is 1.25. The average Bonchev–Trinajstić information content (AvgIpc) is 2.63.